The molecule has 3 aromatic rings. The first kappa shape index (κ1) is 16.4. The first-order valence-electron chi connectivity index (χ1n) is 8.33. The van der Waals surface area contributed by atoms with E-state index in [1.54, 1.807) is 11.2 Å². The molecule has 1 atom stereocenters. The molecule has 5 nitrogen and oxygen atoms in total. The van der Waals surface area contributed by atoms with Gasteiger partial charge in [-0.2, -0.15) is 0 Å². The van der Waals surface area contributed by atoms with Gasteiger partial charge in [0.25, 0.3) is 5.91 Å². The summed E-state index contributed by atoms with van der Waals surface area (Å²) in [6.45, 7) is 0.917. The van der Waals surface area contributed by atoms with Crippen LogP contribution >= 0.6 is 0 Å². The van der Waals surface area contributed by atoms with E-state index in [0.29, 0.717) is 19.5 Å². The van der Waals surface area contributed by atoms with Crippen LogP contribution < -0.4 is 0 Å². The molecule has 0 radical (unpaired) electrons. The SMILES string of the molecule is O=C(c1ccc(F)cc1F)N1CC[C@@H](n2cnnc2-c2ccccc2)C1. The predicted octanol–water partition coefficient (Wildman–Crippen LogP) is 3.31. The molecular formula is C19H16F2N4O. The Morgan fingerprint density at radius 2 is 1.92 bits per heavy atom. The van der Waals surface area contributed by atoms with Gasteiger partial charge in [-0.1, -0.05) is 30.3 Å². The molecule has 0 bridgehead atoms. The van der Waals surface area contributed by atoms with E-state index in [-0.39, 0.29) is 11.6 Å². The zero-order valence-corrected chi connectivity index (χ0v) is 13.8. The van der Waals surface area contributed by atoms with Crippen LogP contribution in [0, 0.1) is 11.6 Å². The lowest BCUT2D eigenvalue weighted by Gasteiger charge is -2.18. The molecule has 0 aliphatic carbocycles. The molecule has 7 heteroatoms. The third kappa shape index (κ3) is 2.96. The van der Waals surface area contributed by atoms with Gasteiger partial charge in [-0.3, -0.25) is 4.79 Å². The molecule has 1 fully saturated rings. The van der Waals surface area contributed by atoms with Gasteiger partial charge < -0.3 is 9.47 Å². The molecule has 1 aliphatic rings. The molecule has 1 amide bonds. The van der Waals surface area contributed by atoms with Crippen LogP contribution in [-0.4, -0.2) is 38.7 Å². The fourth-order valence-corrected chi connectivity index (χ4v) is 3.29. The number of likely N-dealkylation sites (tertiary alicyclic amines) is 1. The van der Waals surface area contributed by atoms with E-state index in [0.717, 1.165) is 23.5 Å². The number of halogens is 2. The minimum Gasteiger partial charge on any atom is -0.336 e. The number of carbonyl (C=O) groups is 1. The largest absolute Gasteiger partial charge is 0.336 e. The van der Waals surface area contributed by atoms with E-state index in [1.807, 2.05) is 34.9 Å². The first-order chi connectivity index (χ1) is 12.6. The summed E-state index contributed by atoms with van der Waals surface area (Å²) in [6.07, 6.45) is 2.37. The van der Waals surface area contributed by atoms with Crippen molar-refractivity contribution in [3.8, 4) is 11.4 Å². The van der Waals surface area contributed by atoms with Crippen molar-refractivity contribution >= 4 is 5.91 Å². The number of rotatable bonds is 3. The van der Waals surface area contributed by atoms with Gasteiger partial charge in [0.05, 0.1) is 11.6 Å². The highest BCUT2D eigenvalue weighted by Crippen LogP contribution is 2.28. The van der Waals surface area contributed by atoms with Gasteiger partial charge in [0.2, 0.25) is 0 Å². The number of amides is 1. The highest BCUT2D eigenvalue weighted by atomic mass is 19.1. The molecular weight excluding hydrogens is 338 g/mol. The molecule has 1 aromatic heterocycles. The second-order valence-corrected chi connectivity index (χ2v) is 6.25. The maximum atomic E-state index is 13.9. The second kappa shape index (κ2) is 6.67. The Morgan fingerprint density at radius 1 is 1.12 bits per heavy atom. The summed E-state index contributed by atoms with van der Waals surface area (Å²) in [5, 5.41) is 8.19. The normalized spacial score (nSPS) is 16.8. The molecule has 132 valence electrons. The van der Waals surface area contributed by atoms with Gasteiger partial charge >= 0.3 is 0 Å². The van der Waals surface area contributed by atoms with Crippen LogP contribution in [0.2, 0.25) is 0 Å². The van der Waals surface area contributed by atoms with Crippen molar-refractivity contribution in [1.82, 2.24) is 19.7 Å². The van der Waals surface area contributed by atoms with E-state index in [1.165, 1.54) is 6.07 Å². The van der Waals surface area contributed by atoms with Crippen LogP contribution in [-0.2, 0) is 0 Å². The van der Waals surface area contributed by atoms with Crippen LogP contribution in [0.15, 0.2) is 54.9 Å². The number of hydrogen-bond acceptors (Lipinski definition) is 3. The van der Waals surface area contributed by atoms with Gasteiger partial charge in [-0.15, -0.1) is 10.2 Å². The average Bonchev–Trinajstić information content (AvgIpc) is 3.31. The third-order valence-electron chi connectivity index (χ3n) is 4.61. The Kier molecular flexibility index (Phi) is 4.20. The molecule has 0 unspecified atom stereocenters. The molecule has 0 saturated carbocycles. The summed E-state index contributed by atoms with van der Waals surface area (Å²) in [4.78, 5) is 14.2. The van der Waals surface area contributed by atoms with Crippen LogP contribution in [0.3, 0.4) is 0 Å². The average molecular weight is 354 g/mol. The number of carbonyl (C=O) groups excluding carboxylic acids is 1. The Balaban J connectivity index is 1.55. The molecule has 2 aromatic carbocycles. The minimum absolute atomic E-state index is 0.00710. The van der Waals surface area contributed by atoms with Gasteiger partial charge in [-0.25, -0.2) is 8.78 Å². The quantitative estimate of drug-likeness (QED) is 0.725. The second-order valence-electron chi connectivity index (χ2n) is 6.25. The van der Waals surface area contributed by atoms with Gasteiger partial charge in [0.15, 0.2) is 5.82 Å². The van der Waals surface area contributed by atoms with Crippen LogP contribution in [0.25, 0.3) is 11.4 Å². The summed E-state index contributed by atoms with van der Waals surface area (Å²) < 4.78 is 28.9. The zero-order chi connectivity index (χ0) is 18.1. The lowest BCUT2D eigenvalue weighted by Crippen LogP contribution is -2.30. The smallest absolute Gasteiger partial charge is 0.256 e. The van der Waals surface area contributed by atoms with Crippen molar-refractivity contribution in [2.24, 2.45) is 0 Å². The van der Waals surface area contributed by atoms with E-state index in [2.05, 4.69) is 10.2 Å². The highest BCUT2D eigenvalue weighted by Gasteiger charge is 2.30. The molecule has 4 rings (SSSR count). The number of hydrogen-bond donors (Lipinski definition) is 0. The van der Waals surface area contributed by atoms with Gasteiger partial charge in [0, 0.05) is 24.7 Å². The van der Waals surface area contributed by atoms with Gasteiger partial charge in [-0.05, 0) is 18.6 Å². The van der Waals surface area contributed by atoms with Crippen molar-refractivity contribution in [3.63, 3.8) is 0 Å². The molecule has 26 heavy (non-hydrogen) atoms. The topological polar surface area (TPSA) is 51.0 Å². The van der Waals surface area contributed by atoms with Crippen molar-refractivity contribution < 1.29 is 13.6 Å². The summed E-state index contributed by atoms with van der Waals surface area (Å²) in [5.41, 5.74) is 0.832. The first-order valence-corrected chi connectivity index (χ1v) is 8.33. The number of benzene rings is 2. The van der Waals surface area contributed by atoms with E-state index in [4.69, 9.17) is 0 Å². The summed E-state index contributed by atoms with van der Waals surface area (Å²) in [6, 6.07) is 12.7. The maximum Gasteiger partial charge on any atom is 0.256 e. The van der Waals surface area contributed by atoms with Crippen LogP contribution in [0.4, 0.5) is 8.78 Å². The Bertz CT molecular complexity index is 942. The van der Waals surface area contributed by atoms with Crippen molar-refractivity contribution in [1.29, 1.82) is 0 Å². The van der Waals surface area contributed by atoms with Crippen molar-refractivity contribution in [3.05, 3.63) is 72.1 Å². The fraction of sp³-hybridized carbons (Fsp3) is 0.211. The van der Waals surface area contributed by atoms with Crippen LogP contribution in [0.1, 0.15) is 22.8 Å². The van der Waals surface area contributed by atoms with Gasteiger partial charge in [0.1, 0.15) is 18.0 Å². The lowest BCUT2D eigenvalue weighted by molar-refractivity contribution is 0.0783. The standard InChI is InChI=1S/C19H16F2N4O/c20-14-6-7-16(17(21)10-14)19(26)24-9-8-15(11-24)25-12-22-23-18(25)13-4-2-1-3-5-13/h1-7,10,12,15H,8-9,11H2/t15-/m1/s1. The third-order valence-corrected chi connectivity index (χ3v) is 4.61. The number of nitrogens with zero attached hydrogens (tertiary/aromatic N) is 4. The van der Waals surface area contributed by atoms with Crippen molar-refractivity contribution in [2.45, 2.75) is 12.5 Å². The summed E-state index contributed by atoms with van der Waals surface area (Å²) in [5.74, 6) is -1.24. The fourth-order valence-electron chi connectivity index (χ4n) is 3.29. The maximum absolute atomic E-state index is 13.9. The molecule has 0 N–H and O–H groups in total. The molecule has 1 aliphatic heterocycles. The zero-order valence-electron chi connectivity index (χ0n) is 13.8. The van der Waals surface area contributed by atoms with Crippen molar-refractivity contribution in [2.75, 3.05) is 13.1 Å². The Morgan fingerprint density at radius 3 is 2.69 bits per heavy atom. The highest BCUT2D eigenvalue weighted by molar-refractivity contribution is 5.94. The van der Waals surface area contributed by atoms with Crippen LogP contribution in [0.5, 0.6) is 0 Å². The molecule has 1 saturated heterocycles. The lowest BCUT2D eigenvalue weighted by atomic mass is 10.2. The monoisotopic (exact) mass is 354 g/mol. The predicted molar refractivity (Wildman–Crippen MR) is 91.4 cm³/mol. The van der Waals surface area contributed by atoms with E-state index < -0.39 is 17.5 Å². The summed E-state index contributed by atoms with van der Waals surface area (Å²) in [7, 11) is 0. The molecule has 0 spiro atoms. The van der Waals surface area contributed by atoms with E-state index >= 15 is 0 Å². The Labute approximate surface area is 148 Å². The number of aromatic nitrogens is 3. The molecule has 2 heterocycles. The minimum atomic E-state index is -0.840. The summed E-state index contributed by atoms with van der Waals surface area (Å²) >= 11 is 0. The van der Waals surface area contributed by atoms with E-state index in [9.17, 15) is 13.6 Å². The Hall–Kier alpha value is -3.09.